The molecule has 0 aromatic heterocycles. The molecular weight excluding hydrogens is 645 g/mol. The lowest BCUT2D eigenvalue weighted by molar-refractivity contribution is -0.161. The minimum absolute atomic E-state index is 0.0894. The van der Waals surface area contributed by atoms with Gasteiger partial charge in [0.15, 0.2) is 6.10 Å². The first-order valence-corrected chi connectivity index (χ1v) is 21.1. The normalized spacial score (nSPS) is 13.1. The molecule has 0 heterocycles. The smallest absolute Gasteiger partial charge is 0.306 e. The second-order valence-electron chi connectivity index (χ2n) is 13.7. The van der Waals surface area contributed by atoms with Crippen LogP contribution in [-0.4, -0.2) is 36.4 Å². The number of aliphatic hydroxyl groups is 1. The minimum Gasteiger partial charge on any atom is -0.462 e. The molecule has 0 amide bonds. The van der Waals surface area contributed by atoms with Gasteiger partial charge in [-0.15, -0.1) is 0 Å². The van der Waals surface area contributed by atoms with Crippen LogP contribution in [0.4, 0.5) is 0 Å². The third kappa shape index (κ3) is 39.9. The van der Waals surface area contributed by atoms with Crippen LogP contribution in [0.1, 0.15) is 181 Å². The highest BCUT2D eigenvalue weighted by Gasteiger charge is 2.16. The first-order valence-electron chi connectivity index (χ1n) is 21.1. The zero-order chi connectivity index (χ0) is 37.8. The summed E-state index contributed by atoms with van der Waals surface area (Å²) in [5.74, 6) is -0.639. The molecule has 0 aliphatic rings. The lowest BCUT2D eigenvalue weighted by Crippen LogP contribution is -2.28. The number of allylic oxidation sites excluding steroid dienone is 14. The fourth-order valence-corrected chi connectivity index (χ4v) is 5.49. The van der Waals surface area contributed by atoms with E-state index in [1.165, 1.54) is 70.6 Å². The number of carbonyl (C=O) groups excluding carboxylic acids is 2. The highest BCUT2D eigenvalue weighted by atomic mass is 16.6. The molecule has 0 aromatic rings. The van der Waals surface area contributed by atoms with Gasteiger partial charge in [0.1, 0.15) is 6.61 Å². The van der Waals surface area contributed by atoms with Crippen LogP contribution in [0.3, 0.4) is 0 Å². The summed E-state index contributed by atoms with van der Waals surface area (Å²) in [6.45, 7) is 3.96. The maximum absolute atomic E-state index is 12.2. The van der Waals surface area contributed by atoms with E-state index in [-0.39, 0.29) is 25.2 Å². The molecule has 0 aliphatic carbocycles. The van der Waals surface area contributed by atoms with Crippen LogP contribution < -0.4 is 0 Å². The number of ether oxygens (including phenoxy) is 2. The molecule has 0 unspecified atom stereocenters. The molecule has 52 heavy (non-hydrogen) atoms. The topological polar surface area (TPSA) is 72.8 Å². The largest absolute Gasteiger partial charge is 0.462 e. The molecule has 0 saturated heterocycles. The van der Waals surface area contributed by atoms with E-state index in [0.29, 0.717) is 12.8 Å². The number of hydrogen-bond acceptors (Lipinski definition) is 5. The summed E-state index contributed by atoms with van der Waals surface area (Å²) in [5, 5.41) is 9.58. The molecule has 0 radical (unpaired) electrons. The predicted molar refractivity (Wildman–Crippen MR) is 223 cm³/mol. The van der Waals surface area contributed by atoms with Crippen molar-refractivity contribution in [3.05, 3.63) is 85.1 Å². The first-order chi connectivity index (χ1) is 25.6. The fraction of sp³-hybridized carbons (Fsp3) is 0.660. The van der Waals surface area contributed by atoms with Gasteiger partial charge in [-0.1, -0.05) is 163 Å². The van der Waals surface area contributed by atoms with Crippen molar-refractivity contribution in [2.45, 2.75) is 187 Å². The highest BCUT2D eigenvalue weighted by molar-refractivity contribution is 5.70. The van der Waals surface area contributed by atoms with Crippen LogP contribution in [-0.2, 0) is 19.1 Å². The van der Waals surface area contributed by atoms with Gasteiger partial charge in [-0.3, -0.25) is 9.59 Å². The van der Waals surface area contributed by atoms with E-state index in [1.807, 2.05) is 0 Å². The summed E-state index contributed by atoms with van der Waals surface area (Å²) in [4.78, 5) is 24.3. The standard InChI is InChI=1S/C47H78O5/c1-3-5-7-9-11-13-15-17-19-21-23-25-27-29-31-33-35-37-39-41-46(49)51-44-45(43-48)52-47(50)42-40-38-36-34-32-30-28-26-24-22-20-18-16-14-12-10-8-6-4-2/h5,7,11-14,17-20,23,25,29,31,45,48H,3-4,6,8-10,15-16,21-22,24,26-28,30,32-44H2,1-2H3/t45-/m0/s1. The third-order valence-electron chi connectivity index (χ3n) is 8.67. The molecule has 0 spiro atoms. The van der Waals surface area contributed by atoms with Gasteiger partial charge >= 0.3 is 11.9 Å². The average Bonchev–Trinajstić information content (AvgIpc) is 3.15. The Bertz CT molecular complexity index is 999. The molecule has 5 nitrogen and oxygen atoms in total. The van der Waals surface area contributed by atoms with Gasteiger partial charge < -0.3 is 14.6 Å². The van der Waals surface area contributed by atoms with Crippen molar-refractivity contribution >= 4 is 11.9 Å². The van der Waals surface area contributed by atoms with Crippen LogP contribution >= 0.6 is 0 Å². The minimum atomic E-state index is -0.792. The van der Waals surface area contributed by atoms with Crippen LogP contribution in [0, 0.1) is 0 Å². The van der Waals surface area contributed by atoms with Crippen LogP contribution in [0.25, 0.3) is 0 Å². The number of hydrogen-bond donors (Lipinski definition) is 1. The molecule has 0 aliphatic heterocycles. The zero-order valence-electron chi connectivity index (χ0n) is 33.5. The second-order valence-corrected chi connectivity index (χ2v) is 13.7. The Morgan fingerprint density at radius 1 is 0.462 bits per heavy atom. The van der Waals surface area contributed by atoms with E-state index in [9.17, 15) is 14.7 Å². The van der Waals surface area contributed by atoms with Crippen molar-refractivity contribution in [2.75, 3.05) is 13.2 Å². The van der Waals surface area contributed by atoms with Gasteiger partial charge in [-0.05, 0) is 89.9 Å². The maximum Gasteiger partial charge on any atom is 0.306 e. The molecule has 0 fully saturated rings. The van der Waals surface area contributed by atoms with Crippen molar-refractivity contribution in [1.82, 2.24) is 0 Å². The highest BCUT2D eigenvalue weighted by Crippen LogP contribution is 2.13. The van der Waals surface area contributed by atoms with Crippen LogP contribution in [0.15, 0.2) is 85.1 Å². The summed E-state index contributed by atoms with van der Waals surface area (Å²) in [6.07, 6.45) is 57.9. The van der Waals surface area contributed by atoms with Crippen molar-refractivity contribution < 1.29 is 24.2 Å². The van der Waals surface area contributed by atoms with Gasteiger partial charge in [-0.2, -0.15) is 0 Å². The first kappa shape index (κ1) is 49.1. The molecule has 5 heteroatoms. The lowest BCUT2D eigenvalue weighted by Gasteiger charge is -2.15. The monoisotopic (exact) mass is 723 g/mol. The summed E-state index contributed by atoms with van der Waals surface area (Å²) >= 11 is 0. The molecular formula is C47H78O5. The molecule has 1 N–H and O–H groups in total. The number of aliphatic hydroxyl groups excluding tert-OH is 1. The van der Waals surface area contributed by atoms with Crippen LogP contribution in [0.5, 0.6) is 0 Å². The maximum atomic E-state index is 12.2. The summed E-state index contributed by atoms with van der Waals surface area (Å²) < 4.78 is 10.6. The van der Waals surface area contributed by atoms with Crippen molar-refractivity contribution in [1.29, 1.82) is 0 Å². The van der Waals surface area contributed by atoms with Gasteiger partial charge in [0, 0.05) is 12.8 Å². The van der Waals surface area contributed by atoms with E-state index >= 15 is 0 Å². The van der Waals surface area contributed by atoms with E-state index < -0.39 is 6.10 Å². The SMILES string of the molecule is CCC=CCC=CCC=CCC=CCC=CCCCCCC(=O)OC[C@H](CO)OC(=O)CCCCCCCCCCCC=CCC=CCCCCC. The fourth-order valence-electron chi connectivity index (χ4n) is 5.49. The number of esters is 2. The van der Waals surface area contributed by atoms with Gasteiger partial charge in [-0.25, -0.2) is 0 Å². The van der Waals surface area contributed by atoms with E-state index in [1.54, 1.807) is 0 Å². The molecule has 0 bridgehead atoms. The van der Waals surface area contributed by atoms with Gasteiger partial charge in [0.2, 0.25) is 0 Å². The second kappa shape index (κ2) is 42.5. The Morgan fingerprint density at radius 3 is 1.27 bits per heavy atom. The van der Waals surface area contributed by atoms with Crippen molar-refractivity contribution in [3.8, 4) is 0 Å². The van der Waals surface area contributed by atoms with E-state index in [0.717, 1.165) is 83.5 Å². The Balaban J connectivity index is 3.64. The summed E-state index contributed by atoms with van der Waals surface area (Å²) in [5.41, 5.74) is 0. The number of rotatable bonds is 37. The molecule has 0 saturated carbocycles. The molecule has 0 aromatic carbocycles. The molecule has 296 valence electrons. The third-order valence-corrected chi connectivity index (χ3v) is 8.67. The Morgan fingerprint density at radius 2 is 0.827 bits per heavy atom. The molecule has 0 rings (SSSR count). The predicted octanol–water partition coefficient (Wildman–Crippen LogP) is 13.5. The average molecular weight is 723 g/mol. The Kier molecular flexibility index (Phi) is 40.1. The van der Waals surface area contributed by atoms with Crippen LogP contribution in [0.2, 0.25) is 0 Å². The Hall–Kier alpha value is -2.92. The Labute approximate surface area is 320 Å². The van der Waals surface area contributed by atoms with E-state index in [4.69, 9.17) is 9.47 Å². The van der Waals surface area contributed by atoms with Gasteiger partial charge in [0.05, 0.1) is 6.61 Å². The lowest BCUT2D eigenvalue weighted by atomic mass is 10.1. The number of unbranched alkanes of at least 4 members (excludes halogenated alkanes) is 15. The van der Waals surface area contributed by atoms with E-state index in [2.05, 4.69) is 98.9 Å². The van der Waals surface area contributed by atoms with Crippen molar-refractivity contribution in [2.24, 2.45) is 0 Å². The van der Waals surface area contributed by atoms with Gasteiger partial charge in [0.25, 0.3) is 0 Å². The summed E-state index contributed by atoms with van der Waals surface area (Å²) in [6, 6.07) is 0. The summed E-state index contributed by atoms with van der Waals surface area (Å²) in [7, 11) is 0. The quantitative estimate of drug-likeness (QED) is 0.0393. The number of carbonyl (C=O) groups is 2. The molecule has 1 atom stereocenters. The van der Waals surface area contributed by atoms with Crippen molar-refractivity contribution in [3.63, 3.8) is 0 Å². The zero-order valence-corrected chi connectivity index (χ0v) is 33.5.